The second kappa shape index (κ2) is 4.07. The average molecular weight is 161 g/mol. The quantitative estimate of drug-likeness (QED) is 0.707. The van der Waals surface area contributed by atoms with Gasteiger partial charge in [0.1, 0.15) is 0 Å². The molecule has 0 fully saturated rings. The number of rotatable bonds is 2. The first-order valence-corrected chi connectivity index (χ1v) is 4.18. The molecule has 1 rings (SSSR count). The van der Waals surface area contributed by atoms with E-state index in [1.165, 1.54) is 16.7 Å². The normalized spacial score (nSPS) is 10.9. The van der Waals surface area contributed by atoms with Gasteiger partial charge >= 0.3 is 0 Å². The molecule has 0 amide bonds. The van der Waals surface area contributed by atoms with Crippen molar-refractivity contribution in [3.8, 4) is 0 Å². The molecule has 0 spiro atoms. The van der Waals surface area contributed by atoms with Crippen LogP contribution in [0, 0.1) is 13.8 Å². The van der Waals surface area contributed by atoms with Gasteiger partial charge in [0, 0.05) is 6.54 Å². The monoisotopic (exact) mass is 161 g/mol. The maximum absolute atomic E-state index is 5.39. The van der Waals surface area contributed by atoms with Gasteiger partial charge in [0.05, 0.1) is 0 Å². The molecule has 1 heteroatoms. The first-order chi connectivity index (χ1) is 5.75. The summed E-state index contributed by atoms with van der Waals surface area (Å²) < 4.78 is 0. The molecule has 0 aromatic heterocycles. The molecule has 0 unspecified atom stereocenters. The van der Waals surface area contributed by atoms with Crippen molar-refractivity contribution in [3.63, 3.8) is 0 Å². The van der Waals surface area contributed by atoms with Gasteiger partial charge in [-0.2, -0.15) is 0 Å². The Balaban J connectivity index is 3.04. The van der Waals surface area contributed by atoms with Crippen molar-refractivity contribution >= 4 is 6.08 Å². The number of aryl methyl sites for hydroxylation is 2. The van der Waals surface area contributed by atoms with Crippen LogP contribution in [-0.2, 0) is 0 Å². The highest BCUT2D eigenvalue weighted by Crippen LogP contribution is 2.14. The van der Waals surface area contributed by atoms with Crippen LogP contribution in [0.2, 0.25) is 0 Å². The molecule has 0 atom stereocenters. The molecule has 1 aromatic rings. The van der Waals surface area contributed by atoms with Crippen molar-refractivity contribution in [3.05, 3.63) is 41.0 Å². The van der Waals surface area contributed by atoms with Gasteiger partial charge in [-0.05, 0) is 30.5 Å². The summed E-state index contributed by atoms with van der Waals surface area (Å²) in [6.07, 6.45) is 4.07. The van der Waals surface area contributed by atoms with Crippen LogP contribution in [0.25, 0.3) is 6.08 Å². The highest BCUT2D eigenvalue weighted by molar-refractivity contribution is 5.57. The van der Waals surface area contributed by atoms with Crippen molar-refractivity contribution in [2.75, 3.05) is 6.54 Å². The number of nitrogens with two attached hydrogens (primary N) is 1. The van der Waals surface area contributed by atoms with Crippen molar-refractivity contribution in [2.24, 2.45) is 5.73 Å². The summed E-state index contributed by atoms with van der Waals surface area (Å²) in [5.74, 6) is 0. The largest absolute Gasteiger partial charge is 0.327 e. The SMILES string of the molecule is Cc1cccc(C)c1/C=C/CN. The zero-order chi connectivity index (χ0) is 8.97. The molecule has 0 saturated heterocycles. The van der Waals surface area contributed by atoms with Gasteiger partial charge in [0.2, 0.25) is 0 Å². The fraction of sp³-hybridized carbons (Fsp3) is 0.273. The fourth-order valence-corrected chi connectivity index (χ4v) is 1.28. The highest BCUT2D eigenvalue weighted by atomic mass is 14.5. The van der Waals surface area contributed by atoms with Gasteiger partial charge in [0.15, 0.2) is 0 Å². The summed E-state index contributed by atoms with van der Waals surface area (Å²) in [5.41, 5.74) is 9.29. The third-order valence-electron chi connectivity index (χ3n) is 1.96. The van der Waals surface area contributed by atoms with Crippen LogP contribution in [0.3, 0.4) is 0 Å². The number of hydrogen-bond acceptors (Lipinski definition) is 1. The Bertz CT molecular complexity index is 267. The van der Waals surface area contributed by atoms with Crippen molar-refractivity contribution in [1.82, 2.24) is 0 Å². The Morgan fingerprint density at radius 2 is 1.83 bits per heavy atom. The molecular formula is C11H15N. The molecule has 0 heterocycles. The smallest absolute Gasteiger partial charge is 0.0110 e. The predicted octanol–water partition coefficient (Wildman–Crippen LogP) is 2.28. The van der Waals surface area contributed by atoms with Crippen LogP contribution in [0.5, 0.6) is 0 Å². The average Bonchev–Trinajstić information content (AvgIpc) is 2.04. The van der Waals surface area contributed by atoms with Gasteiger partial charge in [-0.3, -0.25) is 0 Å². The van der Waals surface area contributed by atoms with Crippen molar-refractivity contribution < 1.29 is 0 Å². The van der Waals surface area contributed by atoms with E-state index in [0.29, 0.717) is 6.54 Å². The summed E-state index contributed by atoms with van der Waals surface area (Å²) >= 11 is 0. The van der Waals surface area contributed by atoms with E-state index in [1.54, 1.807) is 0 Å². The second-order valence-corrected chi connectivity index (χ2v) is 2.94. The van der Waals surface area contributed by atoms with Crippen LogP contribution >= 0.6 is 0 Å². The summed E-state index contributed by atoms with van der Waals surface area (Å²) in [5, 5.41) is 0. The fourth-order valence-electron chi connectivity index (χ4n) is 1.28. The van der Waals surface area contributed by atoms with E-state index >= 15 is 0 Å². The molecule has 0 aliphatic rings. The third-order valence-corrected chi connectivity index (χ3v) is 1.96. The molecule has 2 N–H and O–H groups in total. The van der Waals surface area contributed by atoms with Crippen molar-refractivity contribution in [1.29, 1.82) is 0 Å². The molecular weight excluding hydrogens is 146 g/mol. The molecule has 0 bridgehead atoms. The molecule has 0 aliphatic carbocycles. The molecule has 1 aromatic carbocycles. The highest BCUT2D eigenvalue weighted by Gasteiger charge is 1.95. The molecule has 1 nitrogen and oxygen atoms in total. The topological polar surface area (TPSA) is 26.0 Å². The lowest BCUT2D eigenvalue weighted by atomic mass is 10.0. The summed E-state index contributed by atoms with van der Waals surface area (Å²) in [7, 11) is 0. The van der Waals surface area contributed by atoms with Gasteiger partial charge in [-0.1, -0.05) is 30.4 Å². The van der Waals surface area contributed by atoms with E-state index in [2.05, 4.69) is 38.1 Å². The van der Waals surface area contributed by atoms with Gasteiger partial charge in [0.25, 0.3) is 0 Å². The molecule has 0 saturated carbocycles. The first kappa shape index (κ1) is 9.01. The van der Waals surface area contributed by atoms with E-state index in [-0.39, 0.29) is 0 Å². The van der Waals surface area contributed by atoms with Gasteiger partial charge in [-0.25, -0.2) is 0 Å². The number of hydrogen-bond donors (Lipinski definition) is 1. The Hall–Kier alpha value is -1.08. The Labute approximate surface area is 73.9 Å². The predicted molar refractivity (Wildman–Crippen MR) is 54.0 cm³/mol. The van der Waals surface area contributed by atoms with Crippen LogP contribution in [0.1, 0.15) is 16.7 Å². The molecule has 64 valence electrons. The Morgan fingerprint density at radius 1 is 1.25 bits per heavy atom. The van der Waals surface area contributed by atoms with Crippen LogP contribution < -0.4 is 5.73 Å². The van der Waals surface area contributed by atoms with Gasteiger partial charge in [-0.15, -0.1) is 0 Å². The van der Waals surface area contributed by atoms with Crippen molar-refractivity contribution in [2.45, 2.75) is 13.8 Å². The zero-order valence-corrected chi connectivity index (χ0v) is 7.67. The van der Waals surface area contributed by atoms with Crippen LogP contribution in [0.15, 0.2) is 24.3 Å². The van der Waals surface area contributed by atoms with E-state index in [9.17, 15) is 0 Å². The maximum Gasteiger partial charge on any atom is 0.0110 e. The molecule has 12 heavy (non-hydrogen) atoms. The Kier molecular flexibility index (Phi) is 3.06. The summed E-state index contributed by atoms with van der Waals surface area (Å²) in [6.45, 7) is 4.83. The zero-order valence-electron chi connectivity index (χ0n) is 7.67. The molecule has 0 aliphatic heterocycles. The Morgan fingerprint density at radius 3 is 2.33 bits per heavy atom. The lowest BCUT2D eigenvalue weighted by Gasteiger charge is -2.03. The summed E-state index contributed by atoms with van der Waals surface area (Å²) in [6, 6.07) is 6.30. The standard InChI is InChI=1S/C11H15N/c1-9-5-3-6-10(2)11(9)7-4-8-12/h3-7H,8,12H2,1-2H3/b7-4+. The summed E-state index contributed by atoms with van der Waals surface area (Å²) in [4.78, 5) is 0. The minimum absolute atomic E-state index is 0.605. The lowest BCUT2D eigenvalue weighted by molar-refractivity contribution is 1.26. The van der Waals surface area contributed by atoms with Crippen LogP contribution in [-0.4, -0.2) is 6.54 Å². The van der Waals surface area contributed by atoms with E-state index in [0.717, 1.165) is 0 Å². The molecule has 0 radical (unpaired) electrons. The van der Waals surface area contributed by atoms with Crippen LogP contribution in [0.4, 0.5) is 0 Å². The maximum atomic E-state index is 5.39. The lowest BCUT2D eigenvalue weighted by Crippen LogP contribution is -1.93. The third kappa shape index (κ3) is 1.95. The van der Waals surface area contributed by atoms with Gasteiger partial charge < -0.3 is 5.73 Å². The van der Waals surface area contributed by atoms with E-state index in [4.69, 9.17) is 5.73 Å². The van der Waals surface area contributed by atoms with E-state index in [1.807, 2.05) is 6.08 Å². The first-order valence-electron chi connectivity index (χ1n) is 4.18. The minimum Gasteiger partial charge on any atom is -0.327 e. The van der Waals surface area contributed by atoms with E-state index < -0.39 is 0 Å². The minimum atomic E-state index is 0.605. The number of benzene rings is 1. The second-order valence-electron chi connectivity index (χ2n) is 2.94.